The Bertz CT molecular complexity index is 1710. The fourth-order valence-electron chi connectivity index (χ4n) is 5.97. The summed E-state index contributed by atoms with van der Waals surface area (Å²) in [6, 6.07) is 32.3. The molecule has 0 N–H and O–H groups in total. The van der Waals surface area contributed by atoms with E-state index in [1.807, 2.05) is 24.4 Å². The summed E-state index contributed by atoms with van der Waals surface area (Å²) in [5.74, 6) is 3.55. The summed E-state index contributed by atoms with van der Waals surface area (Å²) >= 11 is 0. The number of hydrogen-bond acceptors (Lipinski definition) is 3. The van der Waals surface area contributed by atoms with Crippen LogP contribution in [0, 0.1) is 0 Å². The molecule has 4 aromatic carbocycles. The van der Waals surface area contributed by atoms with Crippen LogP contribution in [0.1, 0.15) is 52.7 Å². The number of ether oxygens (including phenoxy) is 2. The van der Waals surface area contributed by atoms with E-state index in [0.29, 0.717) is 0 Å². The highest BCUT2D eigenvalue weighted by molar-refractivity contribution is 6.98. The van der Waals surface area contributed by atoms with Crippen molar-refractivity contribution in [3.63, 3.8) is 0 Å². The predicted octanol–water partition coefficient (Wildman–Crippen LogP) is 7.74. The number of benzene rings is 4. The molecule has 0 saturated carbocycles. The van der Waals surface area contributed by atoms with Crippen LogP contribution in [0.4, 0.5) is 0 Å². The second kappa shape index (κ2) is 9.11. The van der Waals surface area contributed by atoms with Crippen LogP contribution in [0.2, 0.25) is 0 Å². The molecule has 0 unspecified atom stereocenters. The van der Waals surface area contributed by atoms with E-state index in [4.69, 9.17) is 9.47 Å². The molecule has 4 heteroatoms. The van der Waals surface area contributed by atoms with Crippen molar-refractivity contribution in [1.82, 2.24) is 4.98 Å². The summed E-state index contributed by atoms with van der Waals surface area (Å²) in [6.07, 6.45) is 1.83. The van der Waals surface area contributed by atoms with Gasteiger partial charge in [-0.2, -0.15) is 0 Å². The molecular formula is C37H34BNO2. The van der Waals surface area contributed by atoms with Crippen molar-refractivity contribution in [2.75, 3.05) is 0 Å². The normalized spacial score (nSPS) is 13.5. The van der Waals surface area contributed by atoms with Crippen LogP contribution in [0.3, 0.4) is 0 Å². The molecule has 0 saturated heterocycles. The van der Waals surface area contributed by atoms with Crippen molar-refractivity contribution in [2.24, 2.45) is 0 Å². The van der Waals surface area contributed by atoms with Gasteiger partial charge in [0.15, 0.2) is 0 Å². The first-order valence-corrected chi connectivity index (χ1v) is 14.4. The van der Waals surface area contributed by atoms with Gasteiger partial charge in [0.1, 0.15) is 23.0 Å². The molecule has 0 amide bonds. The largest absolute Gasteiger partial charge is 0.458 e. The molecule has 0 atom stereocenters. The third-order valence-electron chi connectivity index (χ3n) is 8.39. The van der Waals surface area contributed by atoms with Gasteiger partial charge in [-0.15, -0.1) is 0 Å². The Morgan fingerprint density at radius 3 is 1.56 bits per heavy atom. The van der Waals surface area contributed by atoms with Gasteiger partial charge < -0.3 is 9.47 Å². The van der Waals surface area contributed by atoms with E-state index in [-0.39, 0.29) is 17.5 Å². The molecule has 0 aliphatic carbocycles. The third-order valence-corrected chi connectivity index (χ3v) is 8.39. The molecule has 7 rings (SSSR count). The molecule has 5 aromatic rings. The Balaban J connectivity index is 1.39. The Kier molecular flexibility index (Phi) is 5.70. The molecule has 0 spiro atoms. The molecule has 2 aliphatic heterocycles. The molecule has 3 nitrogen and oxygen atoms in total. The molecule has 0 bridgehead atoms. The number of nitrogens with zero attached hydrogens (tertiary/aromatic N) is 1. The minimum Gasteiger partial charge on any atom is -0.458 e. The van der Waals surface area contributed by atoms with Crippen LogP contribution in [-0.2, 0) is 10.8 Å². The highest BCUT2D eigenvalue weighted by Gasteiger charge is 2.41. The van der Waals surface area contributed by atoms with Gasteiger partial charge in [-0.1, -0.05) is 96.1 Å². The van der Waals surface area contributed by atoms with E-state index < -0.39 is 0 Å². The van der Waals surface area contributed by atoms with Crippen LogP contribution >= 0.6 is 0 Å². The molecule has 1 aromatic heterocycles. The monoisotopic (exact) mass is 535 g/mol. The molecule has 0 radical (unpaired) electrons. The summed E-state index contributed by atoms with van der Waals surface area (Å²) in [4.78, 5) is 4.50. The van der Waals surface area contributed by atoms with Crippen LogP contribution < -0.4 is 25.9 Å². The maximum Gasteiger partial charge on any atom is 0.260 e. The van der Waals surface area contributed by atoms with Gasteiger partial charge in [0.25, 0.3) is 6.71 Å². The van der Waals surface area contributed by atoms with Gasteiger partial charge in [0.05, 0.1) is 5.69 Å². The van der Waals surface area contributed by atoms with Crippen LogP contribution in [-0.4, -0.2) is 11.7 Å². The lowest BCUT2D eigenvalue weighted by atomic mass is 9.34. The van der Waals surface area contributed by atoms with Crippen molar-refractivity contribution in [3.8, 4) is 45.4 Å². The second-order valence-electron chi connectivity index (χ2n) is 13.3. The topological polar surface area (TPSA) is 31.4 Å². The summed E-state index contributed by atoms with van der Waals surface area (Å²) in [6.45, 7) is 13.6. The lowest BCUT2D eigenvalue weighted by Gasteiger charge is -2.35. The fraction of sp³-hybridized carbons (Fsp3) is 0.216. The van der Waals surface area contributed by atoms with Crippen LogP contribution in [0.15, 0.2) is 97.2 Å². The second-order valence-corrected chi connectivity index (χ2v) is 13.3. The average molecular weight is 535 g/mol. The minimum absolute atomic E-state index is 0.0324. The SMILES string of the molecule is CC(C)(C)c1ccc2c(c1)B1c3cc(C(C)(C)C)ccc3Oc3cc(-c4ccc(-c5ccccn5)cc4)cc(c31)O2. The summed E-state index contributed by atoms with van der Waals surface area (Å²) < 4.78 is 13.3. The first kappa shape index (κ1) is 25.6. The van der Waals surface area contributed by atoms with Crippen molar-refractivity contribution in [3.05, 3.63) is 108 Å². The van der Waals surface area contributed by atoms with E-state index in [0.717, 1.165) is 50.8 Å². The van der Waals surface area contributed by atoms with Crippen LogP contribution in [0.25, 0.3) is 22.4 Å². The van der Waals surface area contributed by atoms with Gasteiger partial charge in [-0.25, -0.2) is 0 Å². The molecule has 41 heavy (non-hydrogen) atoms. The molecule has 202 valence electrons. The van der Waals surface area contributed by atoms with Gasteiger partial charge in [0.2, 0.25) is 0 Å². The molecule has 3 heterocycles. The number of fused-ring (bicyclic) bond motifs is 4. The van der Waals surface area contributed by atoms with Gasteiger partial charge >= 0.3 is 0 Å². The smallest absolute Gasteiger partial charge is 0.260 e. The zero-order valence-corrected chi connectivity index (χ0v) is 24.6. The Morgan fingerprint density at radius 2 is 1.07 bits per heavy atom. The number of pyridine rings is 1. The van der Waals surface area contributed by atoms with Crippen LogP contribution in [0.5, 0.6) is 23.0 Å². The molecule has 0 fully saturated rings. The maximum absolute atomic E-state index is 6.67. The Hall–Kier alpha value is -4.31. The van der Waals surface area contributed by atoms with Crippen molar-refractivity contribution < 1.29 is 9.47 Å². The van der Waals surface area contributed by atoms with E-state index in [1.54, 1.807) is 0 Å². The van der Waals surface area contributed by atoms with E-state index in [9.17, 15) is 0 Å². The number of aromatic nitrogens is 1. The standard InChI is InChI=1S/C37H34BNO2/c1-36(2,3)26-14-16-31-28(21-26)38-29-22-27(37(4,5)6)15-17-32(29)41-34-20-25(19-33(40-31)35(34)38)23-10-12-24(13-11-23)30-9-7-8-18-39-30/h7-22H,1-6H3. The lowest BCUT2D eigenvalue weighted by molar-refractivity contribution is 0.464. The van der Waals surface area contributed by atoms with E-state index in [2.05, 4.69) is 119 Å². The van der Waals surface area contributed by atoms with Gasteiger partial charge in [-0.3, -0.25) is 4.98 Å². The minimum atomic E-state index is 0.0324. The maximum atomic E-state index is 6.67. The fourth-order valence-corrected chi connectivity index (χ4v) is 5.97. The van der Waals surface area contributed by atoms with Gasteiger partial charge in [0, 0.05) is 17.2 Å². The van der Waals surface area contributed by atoms with E-state index in [1.165, 1.54) is 22.1 Å². The summed E-state index contributed by atoms with van der Waals surface area (Å²) in [5.41, 5.74) is 10.4. The first-order chi connectivity index (χ1) is 19.6. The third kappa shape index (κ3) is 4.43. The molecular weight excluding hydrogens is 501 g/mol. The van der Waals surface area contributed by atoms with Crippen molar-refractivity contribution >= 4 is 23.1 Å². The predicted molar refractivity (Wildman–Crippen MR) is 170 cm³/mol. The quantitative estimate of drug-likeness (QED) is 0.212. The van der Waals surface area contributed by atoms with Crippen molar-refractivity contribution in [2.45, 2.75) is 52.4 Å². The van der Waals surface area contributed by atoms with Gasteiger partial charge in [-0.05, 0) is 80.4 Å². The van der Waals surface area contributed by atoms with E-state index >= 15 is 0 Å². The average Bonchev–Trinajstić information content (AvgIpc) is 2.96. The Morgan fingerprint density at radius 1 is 0.537 bits per heavy atom. The lowest BCUT2D eigenvalue weighted by Crippen LogP contribution is -2.57. The molecule has 2 aliphatic rings. The highest BCUT2D eigenvalue weighted by Crippen LogP contribution is 2.40. The zero-order valence-electron chi connectivity index (χ0n) is 24.6. The Labute approximate surface area is 243 Å². The summed E-state index contributed by atoms with van der Waals surface area (Å²) in [5, 5.41) is 0. The first-order valence-electron chi connectivity index (χ1n) is 14.4. The number of hydrogen-bond donors (Lipinski definition) is 0. The number of rotatable bonds is 2. The van der Waals surface area contributed by atoms with Crippen molar-refractivity contribution in [1.29, 1.82) is 0 Å². The highest BCUT2D eigenvalue weighted by atomic mass is 16.5. The summed E-state index contributed by atoms with van der Waals surface area (Å²) in [7, 11) is 0. The zero-order chi connectivity index (χ0) is 28.5.